The van der Waals surface area contributed by atoms with Gasteiger partial charge >= 0.3 is 0 Å². The third kappa shape index (κ3) is 4.28. The fraction of sp³-hybridized carbons (Fsp3) is 0.611. The van der Waals surface area contributed by atoms with Crippen LogP contribution in [0.2, 0.25) is 0 Å². The molecular formula is C18H25N3O4. The molecule has 0 bridgehead atoms. The molecule has 0 saturated carbocycles. The Bertz CT molecular complexity index is 629. The smallest absolute Gasteiger partial charge is 0.257 e. The van der Waals surface area contributed by atoms with Crippen LogP contribution in [0.15, 0.2) is 18.3 Å². The van der Waals surface area contributed by atoms with E-state index in [2.05, 4.69) is 15.6 Å². The molecule has 2 N–H and O–H groups in total. The molecule has 1 unspecified atom stereocenters. The van der Waals surface area contributed by atoms with Crippen molar-refractivity contribution in [1.82, 2.24) is 15.6 Å². The first-order chi connectivity index (χ1) is 12.0. The van der Waals surface area contributed by atoms with Crippen molar-refractivity contribution in [3.63, 3.8) is 0 Å². The minimum atomic E-state index is -0.243. The molecule has 3 rings (SSSR count). The van der Waals surface area contributed by atoms with E-state index in [1.807, 2.05) is 13.8 Å². The summed E-state index contributed by atoms with van der Waals surface area (Å²) >= 11 is 0. The number of nitrogens with zero attached hydrogens (tertiary/aromatic N) is 1. The van der Waals surface area contributed by atoms with E-state index < -0.39 is 0 Å². The van der Waals surface area contributed by atoms with Crippen LogP contribution < -0.4 is 15.4 Å². The van der Waals surface area contributed by atoms with Gasteiger partial charge in [-0.05, 0) is 45.2 Å². The highest BCUT2D eigenvalue weighted by molar-refractivity contribution is 5.96. The number of pyridine rings is 1. The summed E-state index contributed by atoms with van der Waals surface area (Å²) in [7, 11) is 0. The molecule has 2 aliphatic heterocycles. The maximum Gasteiger partial charge on any atom is 0.257 e. The Kier molecular flexibility index (Phi) is 5.53. The molecule has 0 aromatic carbocycles. The monoisotopic (exact) mass is 347 g/mol. The third-order valence-corrected chi connectivity index (χ3v) is 4.49. The molecule has 2 fully saturated rings. The van der Waals surface area contributed by atoms with E-state index in [0.29, 0.717) is 30.9 Å². The molecule has 0 spiro atoms. The summed E-state index contributed by atoms with van der Waals surface area (Å²) in [5.41, 5.74) is 0.402. The zero-order chi connectivity index (χ0) is 17.8. The largest absolute Gasteiger partial charge is 0.474 e. The number of aromatic nitrogens is 1. The molecule has 3 heterocycles. The maximum absolute atomic E-state index is 12.8. The molecular weight excluding hydrogens is 322 g/mol. The quantitative estimate of drug-likeness (QED) is 0.841. The molecule has 2 saturated heterocycles. The molecule has 2 amide bonds. The van der Waals surface area contributed by atoms with Gasteiger partial charge in [0.2, 0.25) is 11.8 Å². The van der Waals surface area contributed by atoms with Crippen molar-refractivity contribution in [2.24, 2.45) is 0 Å². The Morgan fingerprint density at radius 1 is 1.44 bits per heavy atom. The molecule has 1 aromatic rings. The number of ether oxygens (including phenoxy) is 2. The fourth-order valence-electron chi connectivity index (χ4n) is 3.35. The molecule has 2 aliphatic rings. The summed E-state index contributed by atoms with van der Waals surface area (Å²) in [6.45, 7) is 4.48. The molecule has 7 heteroatoms. The van der Waals surface area contributed by atoms with Gasteiger partial charge in [0.25, 0.3) is 5.91 Å². The Hall–Kier alpha value is -2.15. The summed E-state index contributed by atoms with van der Waals surface area (Å²) in [6.07, 6.45) is 4.35. The third-order valence-electron chi connectivity index (χ3n) is 4.49. The molecule has 136 valence electrons. The van der Waals surface area contributed by atoms with Gasteiger partial charge in [-0.25, -0.2) is 4.98 Å². The van der Waals surface area contributed by atoms with Gasteiger partial charge in [-0.2, -0.15) is 0 Å². The van der Waals surface area contributed by atoms with Crippen molar-refractivity contribution in [2.45, 2.75) is 63.8 Å². The minimum absolute atomic E-state index is 0.0104. The predicted molar refractivity (Wildman–Crippen MR) is 91.4 cm³/mol. The van der Waals surface area contributed by atoms with E-state index in [9.17, 15) is 9.59 Å². The van der Waals surface area contributed by atoms with E-state index in [0.717, 1.165) is 12.8 Å². The minimum Gasteiger partial charge on any atom is -0.474 e. The standard InChI is InChI=1S/C18H25N3O4/c1-11(2)25-18-12(5-3-9-19-18)17(23)20-13-7-8-15(22)21-16(13)14-6-4-10-24-14/h3,5,9,11,13-14,16H,4,6-8,10H2,1-2H3,(H,20,23)(H,21,22)/t13-,14?,16-/m1/s1. The lowest BCUT2D eigenvalue weighted by Crippen LogP contribution is -2.60. The molecule has 0 aliphatic carbocycles. The van der Waals surface area contributed by atoms with Crippen LogP contribution in [-0.2, 0) is 9.53 Å². The zero-order valence-corrected chi connectivity index (χ0v) is 14.7. The SMILES string of the molecule is CC(C)Oc1ncccc1C(=O)N[C@@H]1CCC(=O)N[C@H]1C1CCCO1. The van der Waals surface area contributed by atoms with Gasteiger partial charge in [0, 0.05) is 19.2 Å². The van der Waals surface area contributed by atoms with Crippen molar-refractivity contribution in [1.29, 1.82) is 0 Å². The number of rotatable bonds is 5. The fourth-order valence-corrected chi connectivity index (χ4v) is 3.35. The number of hydrogen-bond donors (Lipinski definition) is 2. The normalized spacial score (nSPS) is 26.4. The second-order valence-electron chi connectivity index (χ2n) is 6.79. The van der Waals surface area contributed by atoms with Crippen LogP contribution in [0.1, 0.15) is 49.9 Å². The summed E-state index contributed by atoms with van der Waals surface area (Å²) < 4.78 is 11.4. The van der Waals surface area contributed by atoms with E-state index in [1.165, 1.54) is 0 Å². The van der Waals surface area contributed by atoms with E-state index in [1.54, 1.807) is 18.3 Å². The maximum atomic E-state index is 12.8. The van der Waals surface area contributed by atoms with Crippen molar-refractivity contribution < 1.29 is 19.1 Å². The van der Waals surface area contributed by atoms with Gasteiger partial charge < -0.3 is 20.1 Å². The highest BCUT2D eigenvalue weighted by Gasteiger charge is 2.38. The Morgan fingerprint density at radius 3 is 3.00 bits per heavy atom. The number of carbonyl (C=O) groups excluding carboxylic acids is 2. The number of nitrogens with one attached hydrogen (secondary N) is 2. The predicted octanol–water partition coefficient (Wildman–Crippen LogP) is 1.42. The zero-order valence-electron chi connectivity index (χ0n) is 14.7. The van der Waals surface area contributed by atoms with E-state index in [-0.39, 0.29) is 36.1 Å². The van der Waals surface area contributed by atoms with Crippen molar-refractivity contribution in [3.05, 3.63) is 23.9 Å². The van der Waals surface area contributed by atoms with Gasteiger partial charge in [-0.3, -0.25) is 9.59 Å². The lowest BCUT2D eigenvalue weighted by Gasteiger charge is -2.36. The average molecular weight is 347 g/mol. The van der Waals surface area contributed by atoms with Crippen molar-refractivity contribution in [2.75, 3.05) is 6.61 Å². The summed E-state index contributed by atoms with van der Waals surface area (Å²) in [5.74, 6) is 0.0904. The summed E-state index contributed by atoms with van der Waals surface area (Å²) in [4.78, 5) is 28.7. The number of piperidine rings is 1. The van der Waals surface area contributed by atoms with Crippen molar-refractivity contribution >= 4 is 11.8 Å². The first kappa shape index (κ1) is 17.7. The summed E-state index contributed by atoms with van der Waals surface area (Å²) in [5, 5.41) is 6.03. The Balaban J connectivity index is 1.73. The van der Waals surface area contributed by atoms with Crippen LogP contribution in [0.3, 0.4) is 0 Å². The van der Waals surface area contributed by atoms with Gasteiger partial charge in [-0.1, -0.05) is 0 Å². The lowest BCUT2D eigenvalue weighted by atomic mass is 9.92. The summed E-state index contributed by atoms with van der Waals surface area (Å²) in [6, 6.07) is 3.05. The molecule has 0 radical (unpaired) electrons. The van der Waals surface area contributed by atoms with Crippen LogP contribution in [0.25, 0.3) is 0 Å². The second-order valence-corrected chi connectivity index (χ2v) is 6.79. The molecule has 3 atom stereocenters. The van der Waals surface area contributed by atoms with Crippen molar-refractivity contribution in [3.8, 4) is 5.88 Å². The first-order valence-electron chi connectivity index (χ1n) is 8.88. The van der Waals surface area contributed by atoms with Crippen LogP contribution in [0, 0.1) is 0 Å². The highest BCUT2D eigenvalue weighted by Crippen LogP contribution is 2.23. The lowest BCUT2D eigenvalue weighted by molar-refractivity contribution is -0.125. The Morgan fingerprint density at radius 2 is 2.28 bits per heavy atom. The second kappa shape index (κ2) is 7.82. The molecule has 1 aromatic heterocycles. The highest BCUT2D eigenvalue weighted by atomic mass is 16.5. The first-order valence-corrected chi connectivity index (χ1v) is 8.88. The van der Waals surface area contributed by atoms with Crippen LogP contribution >= 0.6 is 0 Å². The number of carbonyl (C=O) groups is 2. The average Bonchev–Trinajstić information content (AvgIpc) is 3.10. The van der Waals surface area contributed by atoms with E-state index in [4.69, 9.17) is 9.47 Å². The van der Waals surface area contributed by atoms with Crippen LogP contribution in [-0.4, -0.2) is 47.7 Å². The van der Waals surface area contributed by atoms with E-state index >= 15 is 0 Å². The molecule has 25 heavy (non-hydrogen) atoms. The van der Waals surface area contributed by atoms with Crippen LogP contribution in [0.4, 0.5) is 0 Å². The van der Waals surface area contributed by atoms with Gasteiger partial charge in [-0.15, -0.1) is 0 Å². The molecule has 7 nitrogen and oxygen atoms in total. The van der Waals surface area contributed by atoms with Crippen LogP contribution in [0.5, 0.6) is 5.88 Å². The van der Waals surface area contributed by atoms with Gasteiger partial charge in [0.1, 0.15) is 5.56 Å². The van der Waals surface area contributed by atoms with Gasteiger partial charge in [0.05, 0.1) is 24.3 Å². The Labute approximate surface area is 147 Å². The van der Waals surface area contributed by atoms with Gasteiger partial charge in [0.15, 0.2) is 0 Å². The topological polar surface area (TPSA) is 89.5 Å². The number of hydrogen-bond acceptors (Lipinski definition) is 5. The number of amides is 2.